The van der Waals surface area contributed by atoms with Crippen LogP contribution in [-0.2, 0) is 27.7 Å². The number of nitrogens with zero attached hydrogens (tertiary/aromatic N) is 3. The molecule has 37 heavy (non-hydrogen) atoms. The monoisotopic (exact) mass is 523 g/mol. The molecular weight excluding hydrogens is 490 g/mol. The van der Waals surface area contributed by atoms with Gasteiger partial charge >= 0.3 is 5.97 Å². The Morgan fingerprint density at radius 3 is 2.65 bits per heavy atom. The first kappa shape index (κ1) is 24.4. The van der Waals surface area contributed by atoms with E-state index >= 15 is 0 Å². The van der Waals surface area contributed by atoms with Gasteiger partial charge in [0.2, 0.25) is 10.0 Å². The van der Waals surface area contributed by atoms with E-state index in [-0.39, 0.29) is 24.5 Å². The molecule has 0 radical (unpaired) electrons. The minimum Gasteiger partial charge on any atom is -0.490 e. The number of aromatic nitrogens is 2. The molecule has 0 amide bonds. The molecule has 1 saturated carbocycles. The molecular formula is C28H33N3O5S. The van der Waals surface area contributed by atoms with Crippen molar-refractivity contribution in [1.29, 1.82) is 0 Å². The van der Waals surface area contributed by atoms with Gasteiger partial charge < -0.3 is 9.84 Å². The average molecular weight is 524 g/mol. The number of aliphatic carboxylic acids is 1. The molecule has 0 spiro atoms. The second-order valence-corrected chi connectivity index (χ2v) is 12.9. The summed E-state index contributed by atoms with van der Waals surface area (Å²) in [7, 11) is -3.73. The Balaban J connectivity index is 1.35. The van der Waals surface area contributed by atoms with E-state index in [2.05, 4.69) is 5.10 Å². The van der Waals surface area contributed by atoms with Gasteiger partial charge in [-0.15, -0.1) is 0 Å². The Bertz CT molecular complexity index is 1470. The second-order valence-electron chi connectivity index (χ2n) is 11.0. The first-order valence-electron chi connectivity index (χ1n) is 13.2. The van der Waals surface area contributed by atoms with Gasteiger partial charge in [-0.2, -0.15) is 9.40 Å². The molecule has 2 aliphatic heterocycles. The van der Waals surface area contributed by atoms with Gasteiger partial charge in [-0.05, 0) is 60.9 Å². The van der Waals surface area contributed by atoms with Crippen molar-refractivity contribution in [3.05, 3.63) is 53.2 Å². The molecule has 3 aromatic rings. The highest BCUT2D eigenvalue weighted by molar-refractivity contribution is 7.89. The third kappa shape index (κ3) is 4.22. The summed E-state index contributed by atoms with van der Waals surface area (Å²) in [5.41, 5.74) is 3.39. The van der Waals surface area contributed by atoms with E-state index < -0.39 is 16.0 Å². The summed E-state index contributed by atoms with van der Waals surface area (Å²) in [6.07, 6.45) is 5.08. The number of benzene rings is 2. The van der Waals surface area contributed by atoms with Gasteiger partial charge in [0.1, 0.15) is 11.9 Å². The van der Waals surface area contributed by atoms with Crippen molar-refractivity contribution < 1.29 is 23.1 Å². The van der Waals surface area contributed by atoms with Crippen LogP contribution in [0.3, 0.4) is 0 Å². The summed E-state index contributed by atoms with van der Waals surface area (Å²) in [6.45, 7) is 4.75. The number of hydrogen-bond acceptors (Lipinski definition) is 5. The Hall–Kier alpha value is -2.91. The maximum Gasteiger partial charge on any atom is 0.309 e. The summed E-state index contributed by atoms with van der Waals surface area (Å²) in [6, 6.07) is 11.1. The van der Waals surface area contributed by atoms with E-state index in [0.29, 0.717) is 29.6 Å². The van der Waals surface area contributed by atoms with Gasteiger partial charge in [-0.25, -0.2) is 8.42 Å². The quantitative estimate of drug-likeness (QED) is 0.510. The normalized spacial score (nSPS) is 24.5. The second kappa shape index (κ2) is 9.13. The topological polar surface area (TPSA) is 102 Å². The zero-order valence-electron chi connectivity index (χ0n) is 21.3. The molecule has 8 nitrogen and oxygen atoms in total. The number of carboxylic acids is 1. The van der Waals surface area contributed by atoms with E-state index in [0.717, 1.165) is 47.0 Å². The van der Waals surface area contributed by atoms with Crippen LogP contribution in [-0.4, -0.2) is 52.8 Å². The van der Waals surface area contributed by atoms with Crippen molar-refractivity contribution in [1.82, 2.24) is 14.1 Å². The minimum atomic E-state index is -3.73. The lowest BCUT2D eigenvalue weighted by Crippen LogP contribution is -2.29. The number of fused-ring (bicyclic) bond motifs is 2. The summed E-state index contributed by atoms with van der Waals surface area (Å²) in [4.78, 5) is 11.8. The zero-order chi connectivity index (χ0) is 25.9. The maximum absolute atomic E-state index is 14.0. The summed E-state index contributed by atoms with van der Waals surface area (Å²) in [5.74, 6) is 0.331. The number of ether oxygens (including phenoxy) is 1. The summed E-state index contributed by atoms with van der Waals surface area (Å²) < 4.78 is 37.6. The number of rotatable bonds is 6. The van der Waals surface area contributed by atoms with Crippen molar-refractivity contribution >= 4 is 26.9 Å². The van der Waals surface area contributed by atoms with Crippen LogP contribution in [0.5, 0.6) is 5.75 Å². The summed E-state index contributed by atoms with van der Waals surface area (Å²) in [5, 5.41) is 14.8. The largest absolute Gasteiger partial charge is 0.490 e. The highest BCUT2D eigenvalue weighted by Crippen LogP contribution is 2.45. The highest BCUT2D eigenvalue weighted by Gasteiger charge is 2.40. The van der Waals surface area contributed by atoms with Gasteiger partial charge in [0.05, 0.1) is 28.6 Å². The van der Waals surface area contributed by atoms with Crippen LogP contribution in [0.1, 0.15) is 68.3 Å². The predicted octanol–water partition coefficient (Wildman–Crippen LogP) is 4.53. The van der Waals surface area contributed by atoms with Gasteiger partial charge in [-0.1, -0.05) is 38.0 Å². The lowest BCUT2D eigenvalue weighted by molar-refractivity contribution is -0.136. The standard InChI is InChI=1S/C28H33N3O5S/c1-17-15-30(16-26(17)31-25-10-6-5-9-22(25)24(29-31)14-27(32)33)37(34,35)21-12-20-11-18(2)36-28(20)23(13-21)19-7-3-4-8-19/h5-6,9-10,12-13,17-19,26H,3-4,7-8,11,14-16H2,1-2H3,(H,32,33)/t17-,18?,26+/m1/s1. The van der Waals surface area contributed by atoms with Crippen molar-refractivity contribution in [2.24, 2.45) is 5.92 Å². The molecule has 6 rings (SSSR count). The SMILES string of the molecule is CC1Cc2cc(S(=O)(=O)N3C[C@@H](C)[C@@H](n4nc(CC(=O)O)c5ccccc54)C3)cc(C3CCCC3)c2O1. The lowest BCUT2D eigenvalue weighted by atomic mass is 9.94. The molecule has 1 N–H and O–H groups in total. The van der Waals surface area contributed by atoms with Gasteiger partial charge in [0.15, 0.2) is 0 Å². The van der Waals surface area contributed by atoms with E-state index in [4.69, 9.17) is 4.74 Å². The molecule has 2 fully saturated rings. The molecule has 1 aromatic heterocycles. The lowest BCUT2D eigenvalue weighted by Gasteiger charge is -2.20. The first-order valence-corrected chi connectivity index (χ1v) is 14.7. The molecule has 3 heterocycles. The van der Waals surface area contributed by atoms with Crippen LogP contribution in [0.15, 0.2) is 41.3 Å². The van der Waals surface area contributed by atoms with E-state index in [1.54, 1.807) is 4.31 Å². The molecule has 0 bridgehead atoms. The molecule has 1 aliphatic carbocycles. The van der Waals surface area contributed by atoms with Crippen LogP contribution in [0.25, 0.3) is 10.9 Å². The maximum atomic E-state index is 14.0. The molecule has 1 saturated heterocycles. The van der Waals surface area contributed by atoms with Gasteiger partial charge in [0, 0.05) is 24.9 Å². The number of para-hydroxylation sites is 1. The molecule has 2 aromatic carbocycles. The fraction of sp³-hybridized carbons (Fsp3) is 0.500. The van der Waals surface area contributed by atoms with Crippen molar-refractivity contribution in [3.63, 3.8) is 0 Å². The van der Waals surface area contributed by atoms with Crippen LogP contribution >= 0.6 is 0 Å². The Labute approximate surface area is 217 Å². The third-order valence-corrected chi connectivity index (χ3v) is 10.1. The minimum absolute atomic E-state index is 0.0165. The predicted molar refractivity (Wildman–Crippen MR) is 139 cm³/mol. The average Bonchev–Trinajstić information content (AvgIpc) is 3.64. The molecule has 1 unspecified atom stereocenters. The number of carbonyl (C=O) groups is 1. The van der Waals surface area contributed by atoms with E-state index in [1.165, 1.54) is 12.8 Å². The summed E-state index contributed by atoms with van der Waals surface area (Å²) >= 11 is 0. The Morgan fingerprint density at radius 1 is 1.14 bits per heavy atom. The fourth-order valence-electron chi connectivity index (χ4n) is 6.47. The van der Waals surface area contributed by atoms with Crippen LogP contribution in [0.2, 0.25) is 0 Å². The van der Waals surface area contributed by atoms with Crippen LogP contribution < -0.4 is 4.74 Å². The molecule has 196 valence electrons. The van der Waals surface area contributed by atoms with E-state index in [9.17, 15) is 18.3 Å². The van der Waals surface area contributed by atoms with Crippen molar-refractivity contribution in [2.75, 3.05) is 13.1 Å². The number of carboxylic acid groups (broad SMARTS) is 1. The van der Waals surface area contributed by atoms with Gasteiger partial charge in [0.25, 0.3) is 0 Å². The number of sulfonamides is 1. The zero-order valence-corrected chi connectivity index (χ0v) is 22.1. The molecule has 3 aliphatic rings. The van der Waals surface area contributed by atoms with Crippen molar-refractivity contribution in [3.8, 4) is 5.75 Å². The number of hydrogen-bond donors (Lipinski definition) is 1. The van der Waals surface area contributed by atoms with Crippen LogP contribution in [0, 0.1) is 5.92 Å². The van der Waals surface area contributed by atoms with Crippen molar-refractivity contribution in [2.45, 2.75) is 75.3 Å². The Morgan fingerprint density at radius 2 is 1.89 bits per heavy atom. The third-order valence-electron chi connectivity index (χ3n) is 8.29. The van der Waals surface area contributed by atoms with Gasteiger partial charge in [-0.3, -0.25) is 9.48 Å². The Kier molecular flexibility index (Phi) is 6.03. The molecule has 3 atom stereocenters. The van der Waals surface area contributed by atoms with Crippen LogP contribution in [0.4, 0.5) is 0 Å². The first-order chi connectivity index (χ1) is 17.7. The smallest absolute Gasteiger partial charge is 0.309 e. The fourth-order valence-corrected chi connectivity index (χ4v) is 8.12. The van der Waals surface area contributed by atoms with E-state index in [1.807, 2.05) is 54.9 Å². The molecule has 9 heteroatoms. The highest BCUT2D eigenvalue weighted by atomic mass is 32.2.